The van der Waals surface area contributed by atoms with Gasteiger partial charge in [0.15, 0.2) is 15.8 Å². The third kappa shape index (κ3) is 5.25. The number of ether oxygens (including phenoxy) is 3. The predicted octanol–water partition coefficient (Wildman–Crippen LogP) is 5.54. The third-order valence-electron chi connectivity index (χ3n) is 6.78. The Kier molecular flexibility index (Phi) is 7.38. The Morgan fingerprint density at radius 1 is 1.02 bits per heavy atom. The lowest BCUT2D eigenvalue weighted by Crippen LogP contribution is -2.29. The molecule has 2 aliphatic rings. The molecule has 1 N–H and O–H groups in total. The molecule has 0 spiro atoms. The zero-order valence-electron chi connectivity index (χ0n) is 22.2. The Labute approximate surface area is 244 Å². The number of aliphatic hydroxyl groups excluding tert-OH is 1. The average Bonchev–Trinajstić information content (AvgIpc) is 3.58. The van der Waals surface area contributed by atoms with Crippen LogP contribution in [0.4, 0.5) is 5.13 Å². The molecule has 0 bridgehead atoms. The second-order valence-electron chi connectivity index (χ2n) is 9.43. The summed E-state index contributed by atoms with van der Waals surface area (Å²) in [5.41, 5.74) is 3.20. The van der Waals surface area contributed by atoms with Crippen LogP contribution >= 0.6 is 23.1 Å². The lowest BCUT2D eigenvalue weighted by Gasteiger charge is -2.23. The van der Waals surface area contributed by atoms with Crippen molar-refractivity contribution >= 4 is 45.7 Å². The standard InChI is InChI=1S/C30H25N3O6S2/c1-17-3-5-18(6-4-17)16-40-30-32-31-29(41-30)33-25(19-7-10-21(37-2)11-8-19)24(27(35)28(33)36)26(34)20-9-12-22-23(15-20)39-14-13-38-22/h3-12,15,25,34H,13-14,16H2,1-2H3/b26-24-. The molecule has 208 valence electrons. The van der Waals surface area contributed by atoms with Crippen molar-refractivity contribution in [2.75, 3.05) is 25.2 Å². The molecule has 1 atom stereocenters. The lowest BCUT2D eigenvalue weighted by molar-refractivity contribution is -0.132. The third-order valence-corrected chi connectivity index (χ3v) is 8.90. The van der Waals surface area contributed by atoms with E-state index in [0.29, 0.717) is 51.7 Å². The number of Topliss-reactive ketones (excluding diaryl/α,β-unsaturated/α-hetero) is 1. The van der Waals surface area contributed by atoms with Crippen molar-refractivity contribution < 1.29 is 28.9 Å². The number of aliphatic hydroxyl groups is 1. The number of aryl methyl sites for hydroxylation is 1. The largest absolute Gasteiger partial charge is 0.507 e. The number of ketones is 1. The molecular formula is C30H25N3O6S2. The summed E-state index contributed by atoms with van der Waals surface area (Å²) in [6, 6.07) is 19.2. The van der Waals surface area contributed by atoms with Gasteiger partial charge < -0.3 is 19.3 Å². The van der Waals surface area contributed by atoms with Crippen LogP contribution in [-0.2, 0) is 15.3 Å². The smallest absolute Gasteiger partial charge is 0.301 e. The van der Waals surface area contributed by atoms with Crippen LogP contribution < -0.4 is 19.1 Å². The van der Waals surface area contributed by atoms with E-state index in [0.717, 1.165) is 5.56 Å². The lowest BCUT2D eigenvalue weighted by atomic mass is 9.95. The van der Waals surface area contributed by atoms with Crippen molar-refractivity contribution in [3.63, 3.8) is 0 Å². The first-order valence-corrected chi connectivity index (χ1v) is 14.6. The van der Waals surface area contributed by atoms with Gasteiger partial charge in [-0.2, -0.15) is 0 Å². The molecule has 6 rings (SSSR count). The van der Waals surface area contributed by atoms with Gasteiger partial charge in [-0.1, -0.05) is 65.1 Å². The fraction of sp³-hybridized carbons (Fsp3) is 0.200. The first-order valence-electron chi connectivity index (χ1n) is 12.8. The van der Waals surface area contributed by atoms with Gasteiger partial charge in [0.2, 0.25) is 5.13 Å². The average molecular weight is 588 g/mol. The van der Waals surface area contributed by atoms with Crippen LogP contribution in [0.25, 0.3) is 5.76 Å². The van der Waals surface area contributed by atoms with E-state index in [4.69, 9.17) is 14.2 Å². The van der Waals surface area contributed by atoms with E-state index in [1.807, 2.05) is 6.92 Å². The monoisotopic (exact) mass is 587 g/mol. The minimum Gasteiger partial charge on any atom is -0.507 e. The summed E-state index contributed by atoms with van der Waals surface area (Å²) in [6.07, 6.45) is 0. The number of hydrogen-bond donors (Lipinski definition) is 1. The van der Waals surface area contributed by atoms with Crippen LogP contribution in [0.5, 0.6) is 17.2 Å². The molecular weight excluding hydrogens is 562 g/mol. The zero-order valence-corrected chi connectivity index (χ0v) is 23.8. The van der Waals surface area contributed by atoms with E-state index in [-0.39, 0.29) is 16.5 Å². The van der Waals surface area contributed by atoms with Gasteiger partial charge in [-0.25, -0.2) is 0 Å². The Morgan fingerprint density at radius 2 is 1.76 bits per heavy atom. The minimum atomic E-state index is -0.933. The van der Waals surface area contributed by atoms with Crippen molar-refractivity contribution in [3.8, 4) is 17.2 Å². The number of benzene rings is 3. The summed E-state index contributed by atoms with van der Waals surface area (Å²) in [7, 11) is 1.56. The van der Waals surface area contributed by atoms with Crippen molar-refractivity contribution in [2.45, 2.75) is 23.1 Å². The Bertz CT molecular complexity index is 1650. The van der Waals surface area contributed by atoms with Crippen LogP contribution in [-0.4, -0.2) is 47.3 Å². The number of anilines is 1. The normalized spacial score (nSPS) is 17.6. The Hall–Kier alpha value is -4.35. The maximum atomic E-state index is 13.5. The van der Waals surface area contributed by atoms with Crippen LogP contribution in [0.2, 0.25) is 0 Å². The number of amides is 1. The number of thioether (sulfide) groups is 1. The Morgan fingerprint density at radius 3 is 2.49 bits per heavy atom. The fourth-order valence-corrected chi connectivity index (χ4v) is 6.49. The van der Waals surface area contributed by atoms with Crippen molar-refractivity contribution in [1.29, 1.82) is 0 Å². The molecule has 1 fully saturated rings. The van der Waals surface area contributed by atoms with Gasteiger partial charge in [0, 0.05) is 11.3 Å². The first kappa shape index (κ1) is 26.9. The number of carbonyl (C=O) groups is 2. The van der Waals surface area contributed by atoms with Gasteiger partial charge in [0.05, 0.1) is 18.7 Å². The predicted molar refractivity (Wildman–Crippen MR) is 156 cm³/mol. The highest BCUT2D eigenvalue weighted by atomic mass is 32.2. The summed E-state index contributed by atoms with van der Waals surface area (Å²) < 4.78 is 17.2. The first-order chi connectivity index (χ1) is 19.9. The van der Waals surface area contributed by atoms with E-state index >= 15 is 0 Å². The van der Waals surface area contributed by atoms with Crippen LogP contribution in [0.1, 0.15) is 28.3 Å². The van der Waals surface area contributed by atoms with Crippen molar-refractivity contribution in [3.05, 3.63) is 94.6 Å². The van der Waals surface area contributed by atoms with E-state index < -0.39 is 17.7 Å². The van der Waals surface area contributed by atoms with Crippen LogP contribution in [0.15, 0.2) is 76.6 Å². The molecule has 41 heavy (non-hydrogen) atoms. The quantitative estimate of drug-likeness (QED) is 0.0979. The molecule has 0 saturated carbocycles. The molecule has 3 heterocycles. The number of aromatic nitrogens is 2. The topological polar surface area (TPSA) is 111 Å². The van der Waals surface area contributed by atoms with Crippen molar-refractivity contribution in [2.24, 2.45) is 0 Å². The van der Waals surface area contributed by atoms with E-state index in [1.54, 1.807) is 49.6 Å². The highest BCUT2D eigenvalue weighted by molar-refractivity contribution is 8.00. The van der Waals surface area contributed by atoms with Gasteiger partial charge in [-0.15, -0.1) is 10.2 Å². The van der Waals surface area contributed by atoms with Gasteiger partial charge >= 0.3 is 5.91 Å². The molecule has 1 aromatic heterocycles. The summed E-state index contributed by atoms with van der Waals surface area (Å²) in [5, 5.41) is 20.3. The molecule has 3 aromatic carbocycles. The second kappa shape index (κ2) is 11.3. The molecule has 0 aliphatic carbocycles. The van der Waals surface area contributed by atoms with Gasteiger partial charge in [-0.05, 0) is 48.4 Å². The molecule has 1 amide bonds. The molecule has 1 unspecified atom stereocenters. The van der Waals surface area contributed by atoms with Gasteiger partial charge in [0.25, 0.3) is 5.78 Å². The van der Waals surface area contributed by atoms with E-state index in [1.165, 1.54) is 33.6 Å². The summed E-state index contributed by atoms with van der Waals surface area (Å²) in [5.74, 6) is 0.364. The van der Waals surface area contributed by atoms with Crippen LogP contribution in [0, 0.1) is 6.92 Å². The van der Waals surface area contributed by atoms with Crippen LogP contribution in [0.3, 0.4) is 0 Å². The number of hydrogen-bond acceptors (Lipinski definition) is 10. The fourth-order valence-electron chi connectivity index (χ4n) is 4.67. The maximum absolute atomic E-state index is 13.5. The number of carbonyl (C=O) groups excluding carboxylic acids is 2. The minimum absolute atomic E-state index is 0.0547. The van der Waals surface area contributed by atoms with E-state index in [2.05, 4.69) is 34.5 Å². The summed E-state index contributed by atoms with van der Waals surface area (Å²) in [4.78, 5) is 28.3. The molecule has 4 aromatic rings. The highest BCUT2D eigenvalue weighted by Gasteiger charge is 2.48. The number of fused-ring (bicyclic) bond motifs is 1. The van der Waals surface area contributed by atoms with Gasteiger partial charge in [-0.3, -0.25) is 14.5 Å². The summed E-state index contributed by atoms with van der Waals surface area (Å²) in [6.45, 7) is 2.83. The molecule has 2 aliphatic heterocycles. The Balaban J connectivity index is 1.38. The number of rotatable bonds is 7. The molecule has 9 nitrogen and oxygen atoms in total. The number of nitrogens with zero attached hydrogens (tertiary/aromatic N) is 3. The highest BCUT2D eigenvalue weighted by Crippen LogP contribution is 2.45. The SMILES string of the molecule is COc1ccc(C2/C(=C(/O)c3ccc4c(c3)OCCO4)C(=O)C(=O)N2c2nnc(SCc3ccc(C)cc3)s2)cc1. The van der Waals surface area contributed by atoms with E-state index in [9.17, 15) is 14.7 Å². The maximum Gasteiger partial charge on any atom is 0.301 e. The molecule has 1 saturated heterocycles. The molecule has 11 heteroatoms. The van der Waals surface area contributed by atoms with Gasteiger partial charge in [0.1, 0.15) is 24.7 Å². The number of methoxy groups -OCH3 is 1. The summed E-state index contributed by atoms with van der Waals surface area (Å²) >= 11 is 2.72. The zero-order chi connectivity index (χ0) is 28.5. The second-order valence-corrected chi connectivity index (χ2v) is 11.6. The van der Waals surface area contributed by atoms with Crippen molar-refractivity contribution in [1.82, 2.24) is 10.2 Å². The molecule has 0 radical (unpaired) electrons.